The summed E-state index contributed by atoms with van der Waals surface area (Å²) >= 11 is 0. The Kier molecular flexibility index (Phi) is 5.35. The highest BCUT2D eigenvalue weighted by molar-refractivity contribution is 5.37. The Morgan fingerprint density at radius 3 is 2.95 bits per heavy atom. The lowest BCUT2D eigenvalue weighted by molar-refractivity contribution is 0.302. The highest BCUT2D eigenvalue weighted by Crippen LogP contribution is 2.16. The molecule has 0 radical (unpaired) electrons. The predicted octanol–water partition coefficient (Wildman–Crippen LogP) is 0.346. The molecule has 0 atom stereocenters. The molecule has 19 heavy (non-hydrogen) atoms. The van der Waals surface area contributed by atoms with Gasteiger partial charge in [0.05, 0.1) is 19.0 Å². The molecular formula is C13H23N5O. The average molecular weight is 265 g/mol. The van der Waals surface area contributed by atoms with E-state index in [1.54, 1.807) is 12.4 Å². The van der Waals surface area contributed by atoms with Gasteiger partial charge >= 0.3 is 0 Å². The van der Waals surface area contributed by atoms with Crippen molar-refractivity contribution in [3.8, 4) is 5.88 Å². The molecule has 1 aliphatic heterocycles. The van der Waals surface area contributed by atoms with Crippen LogP contribution in [0.1, 0.15) is 13.3 Å². The van der Waals surface area contributed by atoms with Crippen molar-refractivity contribution >= 4 is 5.82 Å². The minimum absolute atomic E-state index is 0.600. The van der Waals surface area contributed by atoms with Crippen LogP contribution in [0.25, 0.3) is 0 Å². The molecule has 0 aliphatic carbocycles. The molecule has 6 nitrogen and oxygen atoms in total. The molecule has 1 aromatic heterocycles. The summed E-state index contributed by atoms with van der Waals surface area (Å²) in [5, 5.41) is 0. The second kappa shape index (κ2) is 7.25. The zero-order chi connectivity index (χ0) is 13.5. The fourth-order valence-electron chi connectivity index (χ4n) is 2.31. The van der Waals surface area contributed by atoms with Gasteiger partial charge in [-0.05, 0) is 19.9 Å². The third-order valence-electron chi connectivity index (χ3n) is 3.25. The largest absolute Gasteiger partial charge is 0.477 e. The van der Waals surface area contributed by atoms with E-state index in [-0.39, 0.29) is 0 Å². The van der Waals surface area contributed by atoms with Crippen LogP contribution in [0, 0.1) is 0 Å². The summed E-state index contributed by atoms with van der Waals surface area (Å²) in [4.78, 5) is 13.4. The fourth-order valence-corrected chi connectivity index (χ4v) is 2.31. The standard InChI is InChI=1S/C13H23N5O/c1-2-19-13-11-15-10-12(16-13)18-6-3-5-17(7-4-14)8-9-18/h10-11H,2-9,14H2,1H3. The van der Waals surface area contributed by atoms with E-state index < -0.39 is 0 Å². The van der Waals surface area contributed by atoms with Crippen molar-refractivity contribution in [3.05, 3.63) is 12.4 Å². The van der Waals surface area contributed by atoms with E-state index in [2.05, 4.69) is 19.8 Å². The van der Waals surface area contributed by atoms with Gasteiger partial charge in [-0.2, -0.15) is 4.98 Å². The first kappa shape index (κ1) is 14.0. The lowest BCUT2D eigenvalue weighted by Gasteiger charge is -2.22. The molecule has 2 rings (SSSR count). The highest BCUT2D eigenvalue weighted by atomic mass is 16.5. The van der Waals surface area contributed by atoms with Crippen LogP contribution in [-0.4, -0.2) is 60.7 Å². The van der Waals surface area contributed by atoms with Crippen molar-refractivity contribution in [3.63, 3.8) is 0 Å². The van der Waals surface area contributed by atoms with Crippen LogP contribution in [0.2, 0.25) is 0 Å². The number of anilines is 1. The average Bonchev–Trinajstić information content (AvgIpc) is 2.66. The normalized spacial score (nSPS) is 17.3. The van der Waals surface area contributed by atoms with E-state index >= 15 is 0 Å². The number of nitrogens with two attached hydrogens (primary N) is 1. The van der Waals surface area contributed by atoms with Crippen molar-refractivity contribution in [1.82, 2.24) is 14.9 Å². The SMILES string of the molecule is CCOc1cncc(N2CCCN(CCN)CC2)n1. The van der Waals surface area contributed by atoms with Gasteiger partial charge in [-0.15, -0.1) is 0 Å². The first-order valence-electron chi connectivity index (χ1n) is 6.95. The van der Waals surface area contributed by atoms with E-state index in [1.807, 2.05) is 6.92 Å². The molecule has 2 heterocycles. The van der Waals surface area contributed by atoms with Gasteiger partial charge in [0.2, 0.25) is 5.88 Å². The summed E-state index contributed by atoms with van der Waals surface area (Å²) in [6.07, 6.45) is 4.59. The molecule has 0 saturated carbocycles. The lowest BCUT2D eigenvalue weighted by atomic mass is 10.4. The zero-order valence-corrected chi connectivity index (χ0v) is 11.6. The zero-order valence-electron chi connectivity index (χ0n) is 11.6. The van der Waals surface area contributed by atoms with E-state index in [0.717, 1.165) is 51.5 Å². The van der Waals surface area contributed by atoms with Crippen molar-refractivity contribution < 1.29 is 4.74 Å². The van der Waals surface area contributed by atoms with Crippen molar-refractivity contribution in [1.29, 1.82) is 0 Å². The molecule has 2 N–H and O–H groups in total. The quantitative estimate of drug-likeness (QED) is 0.828. The third kappa shape index (κ3) is 4.04. The smallest absolute Gasteiger partial charge is 0.234 e. The summed E-state index contributed by atoms with van der Waals surface area (Å²) in [5.74, 6) is 1.50. The Morgan fingerprint density at radius 2 is 2.16 bits per heavy atom. The Bertz CT molecular complexity index is 387. The maximum atomic E-state index is 5.62. The lowest BCUT2D eigenvalue weighted by Crippen LogP contribution is -2.34. The molecule has 1 aromatic rings. The second-order valence-corrected chi connectivity index (χ2v) is 4.62. The van der Waals surface area contributed by atoms with E-state index in [1.165, 1.54) is 0 Å². The van der Waals surface area contributed by atoms with Crippen molar-refractivity contribution in [2.75, 3.05) is 50.8 Å². The number of rotatable bonds is 5. The maximum Gasteiger partial charge on any atom is 0.234 e. The van der Waals surface area contributed by atoms with Crippen LogP contribution in [0.5, 0.6) is 5.88 Å². The minimum atomic E-state index is 0.600. The Hall–Kier alpha value is -1.40. The first-order valence-corrected chi connectivity index (χ1v) is 6.95. The molecular weight excluding hydrogens is 242 g/mol. The van der Waals surface area contributed by atoms with Crippen LogP contribution in [0.15, 0.2) is 12.4 Å². The Morgan fingerprint density at radius 1 is 1.26 bits per heavy atom. The van der Waals surface area contributed by atoms with Gasteiger partial charge in [0.1, 0.15) is 0 Å². The number of hydrogen-bond donors (Lipinski definition) is 1. The monoisotopic (exact) mass is 265 g/mol. The van der Waals surface area contributed by atoms with Crippen molar-refractivity contribution in [2.45, 2.75) is 13.3 Å². The van der Waals surface area contributed by atoms with Crippen LogP contribution in [0.4, 0.5) is 5.82 Å². The molecule has 1 fully saturated rings. The summed E-state index contributed by atoms with van der Waals surface area (Å²) in [6, 6.07) is 0. The van der Waals surface area contributed by atoms with E-state index in [0.29, 0.717) is 12.5 Å². The number of nitrogens with zero attached hydrogens (tertiary/aromatic N) is 4. The Balaban J connectivity index is 1.99. The maximum absolute atomic E-state index is 5.62. The van der Waals surface area contributed by atoms with Gasteiger partial charge in [0, 0.05) is 32.7 Å². The first-order chi connectivity index (χ1) is 9.33. The number of aromatic nitrogens is 2. The number of hydrogen-bond acceptors (Lipinski definition) is 6. The van der Waals surface area contributed by atoms with Gasteiger partial charge < -0.3 is 20.3 Å². The molecule has 0 bridgehead atoms. The molecule has 0 aromatic carbocycles. The molecule has 0 spiro atoms. The van der Waals surface area contributed by atoms with Gasteiger partial charge in [-0.3, -0.25) is 4.98 Å². The van der Waals surface area contributed by atoms with Crippen LogP contribution < -0.4 is 15.4 Å². The van der Waals surface area contributed by atoms with E-state index in [9.17, 15) is 0 Å². The van der Waals surface area contributed by atoms with Crippen LogP contribution in [-0.2, 0) is 0 Å². The van der Waals surface area contributed by atoms with Crippen LogP contribution >= 0.6 is 0 Å². The molecule has 0 unspecified atom stereocenters. The predicted molar refractivity (Wildman–Crippen MR) is 75.5 cm³/mol. The van der Waals surface area contributed by atoms with Gasteiger partial charge in [-0.25, -0.2) is 0 Å². The summed E-state index contributed by atoms with van der Waals surface area (Å²) < 4.78 is 5.40. The van der Waals surface area contributed by atoms with Crippen molar-refractivity contribution in [2.24, 2.45) is 5.73 Å². The third-order valence-corrected chi connectivity index (χ3v) is 3.25. The second-order valence-electron chi connectivity index (χ2n) is 4.62. The van der Waals surface area contributed by atoms with Gasteiger partial charge in [-0.1, -0.05) is 0 Å². The topological polar surface area (TPSA) is 67.5 Å². The summed E-state index contributed by atoms with van der Waals surface area (Å²) in [6.45, 7) is 8.35. The van der Waals surface area contributed by atoms with Crippen LogP contribution in [0.3, 0.4) is 0 Å². The van der Waals surface area contributed by atoms with E-state index in [4.69, 9.17) is 10.5 Å². The summed E-state index contributed by atoms with van der Waals surface area (Å²) in [7, 11) is 0. The minimum Gasteiger partial charge on any atom is -0.477 e. The van der Waals surface area contributed by atoms with Gasteiger partial charge in [0.25, 0.3) is 0 Å². The van der Waals surface area contributed by atoms with Gasteiger partial charge in [0.15, 0.2) is 5.82 Å². The molecule has 1 saturated heterocycles. The number of ether oxygens (including phenoxy) is 1. The molecule has 1 aliphatic rings. The Labute approximate surface area is 114 Å². The molecule has 6 heteroatoms. The molecule has 0 amide bonds. The summed E-state index contributed by atoms with van der Waals surface area (Å²) in [5.41, 5.74) is 5.62. The molecule has 106 valence electrons. The fraction of sp³-hybridized carbons (Fsp3) is 0.692. The highest BCUT2D eigenvalue weighted by Gasteiger charge is 2.16.